The summed E-state index contributed by atoms with van der Waals surface area (Å²) in [7, 11) is -2.82. The Labute approximate surface area is 163 Å². The summed E-state index contributed by atoms with van der Waals surface area (Å²) in [5, 5.41) is 13.5. The SMILES string of the molecule is CC(O)(O[Si](c1ccccc1)(c1ccccc1)C(C)(C)C)c1ccccc1. The minimum atomic E-state index is -2.82. The van der Waals surface area contributed by atoms with Crippen LogP contribution < -0.4 is 10.4 Å². The van der Waals surface area contributed by atoms with Crippen molar-refractivity contribution in [1.82, 2.24) is 0 Å². The largest absolute Gasteiger partial charge is 0.377 e. The molecular weight excluding hydrogens is 348 g/mol. The van der Waals surface area contributed by atoms with E-state index in [0.29, 0.717) is 0 Å². The van der Waals surface area contributed by atoms with Crippen molar-refractivity contribution < 1.29 is 9.53 Å². The smallest absolute Gasteiger partial charge is 0.265 e. The Hall–Kier alpha value is -2.20. The highest BCUT2D eigenvalue weighted by Crippen LogP contribution is 2.40. The molecule has 0 saturated carbocycles. The zero-order chi connectivity index (χ0) is 19.5. The van der Waals surface area contributed by atoms with Crippen molar-refractivity contribution in [3.63, 3.8) is 0 Å². The average Bonchev–Trinajstić information content (AvgIpc) is 2.67. The Morgan fingerprint density at radius 1 is 0.630 bits per heavy atom. The lowest BCUT2D eigenvalue weighted by molar-refractivity contribution is -0.137. The second kappa shape index (κ2) is 7.43. The fraction of sp³-hybridized carbons (Fsp3) is 0.250. The molecule has 0 saturated heterocycles. The summed E-state index contributed by atoms with van der Waals surface area (Å²) in [5.41, 5.74) is 0.762. The van der Waals surface area contributed by atoms with Crippen molar-refractivity contribution in [3.8, 4) is 0 Å². The van der Waals surface area contributed by atoms with Crippen LogP contribution in [0.15, 0.2) is 91.0 Å². The van der Waals surface area contributed by atoms with E-state index in [1.807, 2.05) is 66.7 Å². The lowest BCUT2D eigenvalue weighted by atomic mass is 10.1. The van der Waals surface area contributed by atoms with Crippen molar-refractivity contribution in [2.45, 2.75) is 38.5 Å². The molecule has 1 N–H and O–H groups in total. The summed E-state index contributed by atoms with van der Waals surface area (Å²) >= 11 is 0. The van der Waals surface area contributed by atoms with Crippen LogP contribution in [0, 0.1) is 0 Å². The van der Waals surface area contributed by atoms with E-state index in [1.54, 1.807) is 6.92 Å². The van der Waals surface area contributed by atoms with Crippen molar-refractivity contribution >= 4 is 18.7 Å². The Morgan fingerprint density at radius 3 is 1.37 bits per heavy atom. The van der Waals surface area contributed by atoms with Crippen LogP contribution in [0.5, 0.6) is 0 Å². The van der Waals surface area contributed by atoms with Crippen LogP contribution in [0.25, 0.3) is 0 Å². The molecule has 0 amide bonds. The summed E-state index contributed by atoms with van der Waals surface area (Å²) < 4.78 is 6.84. The van der Waals surface area contributed by atoms with Crippen LogP contribution in [0.1, 0.15) is 33.3 Å². The normalized spacial score (nSPS) is 14.6. The number of rotatable bonds is 5. The van der Waals surface area contributed by atoms with Gasteiger partial charge in [0.15, 0.2) is 5.79 Å². The molecule has 3 aromatic carbocycles. The highest BCUT2D eigenvalue weighted by molar-refractivity contribution is 6.99. The van der Waals surface area contributed by atoms with E-state index < -0.39 is 14.1 Å². The molecule has 27 heavy (non-hydrogen) atoms. The second-order valence-electron chi connectivity index (χ2n) is 8.11. The zero-order valence-corrected chi connectivity index (χ0v) is 17.5. The molecule has 0 aliphatic rings. The van der Waals surface area contributed by atoms with Gasteiger partial charge in [0, 0.05) is 5.56 Å². The predicted molar refractivity (Wildman–Crippen MR) is 115 cm³/mol. The maximum Gasteiger partial charge on any atom is 0.265 e. The van der Waals surface area contributed by atoms with Gasteiger partial charge in [-0.2, -0.15) is 0 Å². The number of aliphatic hydroxyl groups is 1. The van der Waals surface area contributed by atoms with Crippen molar-refractivity contribution in [2.75, 3.05) is 0 Å². The topological polar surface area (TPSA) is 29.5 Å². The third kappa shape index (κ3) is 3.77. The first-order chi connectivity index (χ1) is 12.8. The highest BCUT2D eigenvalue weighted by atomic mass is 28.4. The van der Waals surface area contributed by atoms with E-state index in [-0.39, 0.29) is 5.04 Å². The molecule has 1 unspecified atom stereocenters. The molecule has 0 aromatic heterocycles. The van der Waals surface area contributed by atoms with Gasteiger partial charge in [0.1, 0.15) is 0 Å². The minimum Gasteiger partial charge on any atom is -0.377 e. The van der Waals surface area contributed by atoms with Gasteiger partial charge in [0.2, 0.25) is 0 Å². The van der Waals surface area contributed by atoms with Crippen LogP contribution >= 0.6 is 0 Å². The van der Waals surface area contributed by atoms with Crippen LogP contribution in [-0.2, 0) is 10.2 Å². The molecule has 0 bridgehead atoms. The average molecular weight is 377 g/mol. The lowest BCUT2D eigenvalue weighted by Gasteiger charge is -2.47. The van der Waals surface area contributed by atoms with E-state index in [2.05, 4.69) is 45.0 Å². The van der Waals surface area contributed by atoms with Crippen LogP contribution in [0.2, 0.25) is 5.04 Å². The first kappa shape index (κ1) is 19.6. The molecule has 0 heterocycles. The molecule has 0 fully saturated rings. The molecular formula is C24H28O2Si. The van der Waals surface area contributed by atoms with Crippen molar-refractivity contribution in [3.05, 3.63) is 96.6 Å². The third-order valence-electron chi connectivity index (χ3n) is 5.08. The van der Waals surface area contributed by atoms with E-state index >= 15 is 0 Å². The van der Waals surface area contributed by atoms with Crippen LogP contribution in [-0.4, -0.2) is 13.4 Å². The van der Waals surface area contributed by atoms with Gasteiger partial charge < -0.3 is 9.53 Å². The quantitative estimate of drug-likeness (QED) is 0.527. The summed E-state index contributed by atoms with van der Waals surface area (Å²) in [6.07, 6.45) is 0. The van der Waals surface area contributed by atoms with Gasteiger partial charge in [-0.05, 0) is 22.3 Å². The minimum absolute atomic E-state index is 0.186. The second-order valence-corrected chi connectivity index (χ2v) is 12.3. The van der Waals surface area contributed by atoms with Gasteiger partial charge >= 0.3 is 0 Å². The van der Waals surface area contributed by atoms with E-state index in [0.717, 1.165) is 15.9 Å². The number of hydrogen-bond acceptors (Lipinski definition) is 2. The predicted octanol–water partition coefficient (Wildman–Crippen LogP) is 4.43. The molecule has 0 radical (unpaired) electrons. The van der Waals surface area contributed by atoms with Gasteiger partial charge in [0.25, 0.3) is 8.32 Å². The first-order valence-electron chi connectivity index (χ1n) is 9.36. The maximum absolute atomic E-state index is 11.4. The zero-order valence-electron chi connectivity index (χ0n) is 16.5. The van der Waals surface area contributed by atoms with E-state index in [4.69, 9.17) is 4.43 Å². The molecule has 3 aromatic rings. The highest BCUT2D eigenvalue weighted by Gasteiger charge is 2.53. The fourth-order valence-electron chi connectivity index (χ4n) is 3.75. The van der Waals surface area contributed by atoms with Gasteiger partial charge in [-0.15, -0.1) is 0 Å². The Balaban J connectivity index is 2.24. The number of benzene rings is 3. The third-order valence-corrected chi connectivity index (χ3v) is 10.2. The molecule has 2 nitrogen and oxygen atoms in total. The molecule has 0 spiro atoms. The van der Waals surface area contributed by atoms with E-state index in [1.165, 1.54) is 0 Å². The van der Waals surface area contributed by atoms with Crippen LogP contribution in [0.3, 0.4) is 0 Å². The Bertz CT molecular complexity index is 814. The summed E-state index contributed by atoms with van der Waals surface area (Å²) in [5.74, 6) is -1.40. The molecule has 140 valence electrons. The first-order valence-corrected chi connectivity index (χ1v) is 11.3. The van der Waals surface area contributed by atoms with Crippen molar-refractivity contribution in [2.24, 2.45) is 0 Å². The standard InChI is InChI=1S/C24H28O2Si/c1-23(2,3)27(21-16-10-6-11-17-21,22-18-12-7-13-19-22)26-24(4,25)20-14-8-5-9-15-20/h5-19,25H,1-4H3. The maximum atomic E-state index is 11.4. The molecule has 0 aliphatic carbocycles. The van der Waals surface area contributed by atoms with Gasteiger partial charge in [-0.25, -0.2) is 0 Å². The van der Waals surface area contributed by atoms with E-state index in [9.17, 15) is 5.11 Å². The molecule has 3 heteroatoms. The summed E-state index contributed by atoms with van der Waals surface area (Å²) in [6.45, 7) is 8.38. The van der Waals surface area contributed by atoms with Gasteiger partial charge in [-0.3, -0.25) is 0 Å². The molecule has 1 atom stereocenters. The summed E-state index contributed by atoms with van der Waals surface area (Å²) in [6, 6.07) is 30.4. The lowest BCUT2D eigenvalue weighted by Crippen LogP contribution is -2.68. The monoisotopic (exact) mass is 376 g/mol. The fourth-order valence-corrected chi connectivity index (χ4v) is 8.40. The van der Waals surface area contributed by atoms with Gasteiger partial charge in [0.05, 0.1) is 0 Å². The Morgan fingerprint density at radius 2 is 1.00 bits per heavy atom. The number of hydrogen-bond donors (Lipinski definition) is 1. The van der Waals surface area contributed by atoms with Crippen molar-refractivity contribution in [1.29, 1.82) is 0 Å². The Kier molecular flexibility index (Phi) is 5.38. The summed E-state index contributed by atoms with van der Waals surface area (Å²) in [4.78, 5) is 0. The molecule has 0 aliphatic heterocycles. The van der Waals surface area contributed by atoms with Gasteiger partial charge in [-0.1, -0.05) is 112 Å². The van der Waals surface area contributed by atoms with Crippen LogP contribution in [0.4, 0.5) is 0 Å². The molecule has 3 rings (SSSR count).